The number of aliphatic hydroxyl groups is 1. The van der Waals surface area contributed by atoms with Gasteiger partial charge in [0.2, 0.25) is 0 Å². The summed E-state index contributed by atoms with van der Waals surface area (Å²) in [6.45, 7) is 2.13. The number of carbonyl (C=O) groups is 1. The minimum absolute atomic E-state index is 0.0203. The molecule has 5 nitrogen and oxygen atoms in total. The lowest BCUT2D eigenvalue weighted by atomic mass is 9.93. The first kappa shape index (κ1) is 15.6. The second-order valence-electron chi connectivity index (χ2n) is 5.97. The molecule has 0 fully saturated rings. The summed E-state index contributed by atoms with van der Waals surface area (Å²) in [6.07, 6.45) is 3.79. The highest BCUT2D eigenvalue weighted by atomic mass is 16.3. The smallest absolute Gasteiger partial charge is 0.315 e. The Bertz CT molecular complexity index is 680. The minimum atomic E-state index is -0.710. The van der Waals surface area contributed by atoms with E-state index in [0.717, 1.165) is 41.7 Å². The fourth-order valence-electron chi connectivity index (χ4n) is 3.11. The number of amides is 2. The zero-order chi connectivity index (χ0) is 16.2. The van der Waals surface area contributed by atoms with Crippen LogP contribution in [0.3, 0.4) is 0 Å². The molecule has 0 aliphatic heterocycles. The van der Waals surface area contributed by atoms with Gasteiger partial charge >= 0.3 is 6.03 Å². The lowest BCUT2D eigenvalue weighted by molar-refractivity contribution is 0.171. The average Bonchev–Trinajstić information content (AvgIpc) is 3.03. The number of aliphatic hydroxyl groups excluding tert-OH is 1. The summed E-state index contributed by atoms with van der Waals surface area (Å²) in [6, 6.07) is 9.26. The summed E-state index contributed by atoms with van der Waals surface area (Å²) in [7, 11) is 0. The van der Waals surface area contributed by atoms with E-state index in [1.165, 1.54) is 0 Å². The van der Waals surface area contributed by atoms with Crippen molar-refractivity contribution < 1.29 is 14.3 Å². The van der Waals surface area contributed by atoms with Crippen molar-refractivity contribution in [3.8, 4) is 0 Å². The summed E-state index contributed by atoms with van der Waals surface area (Å²) < 4.78 is 5.43. The summed E-state index contributed by atoms with van der Waals surface area (Å²) in [5.41, 5.74) is 2.91. The van der Waals surface area contributed by atoms with Gasteiger partial charge in [0.1, 0.15) is 5.76 Å². The number of rotatable bonds is 4. The van der Waals surface area contributed by atoms with E-state index in [4.69, 9.17) is 4.42 Å². The van der Waals surface area contributed by atoms with Gasteiger partial charge in [-0.3, -0.25) is 0 Å². The van der Waals surface area contributed by atoms with Gasteiger partial charge in [-0.15, -0.1) is 0 Å². The number of aryl methyl sites for hydroxylation is 2. The molecule has 2 atom stereocenters. The molecule has 1 aliphatic rings. The molecule has 122 valence electrons. The van der Waals surface area contributed by atoms with Gasteiger partial charge in [-0.2, -0.15) is 0 Å². The Morgan fingerprint density at radius 2 is 2.22 bits per heavy atom. The first-order valence-corrected chi connectivity index (χ1v) is 7.99. The van der Waals surface area contributed by atoms with Crippen LogP contribution in [0, 0.1) is 6.92 Å². The second kappa shape index (κ2) is 6.87. The van der Waals surface area contributed by atoms with Gasteiger partial charge in [0, 0.05) is 18.5 Å². The molecule has 3 N–H and O–H groups in total. The zero-order valence-corrected chi connectivity index (χ0v) is 13.2. The van der Waals surface area contributed by atoms with Gasteiger partial charge in [-0.1, -0.05) is 24.3 Å². The monoisotopic (exact) mass is 314 g/mol. The fourth-order valence-corrected chi connectivity index (χ4v) is 3.11. The quantitative estimate of drug-likeness (QED) is 0.812. The Morgan fingerprint density at radius 3 is 3.04 bits per heavy atom. The highest BCUT2D eigenvalue weighted by Crippen LogP contribution is 2.30. The third-order valence-corrected chi connectivity index (χ3v) is 4.36. The molecule has 0 bridgehead atoms. The maximum Gasteiger partial charge on any atom is 0.315 e. The van der Waals surface area contributed by atoms with Crippen LogP contribution < -0.4 is 10.6 Å². The average molecular weight is 314 g/mol. The summed E-state index contributed by atoms with van der Waals surface area (Å²) >= 11 is 0. The van der Waals surface area contributed by atoms with Gasteiger partial charge in [-0.25, -0.2) is 4.79 Å². The highest BCUT2D eigenvalue weighted by molar-refractivity contribution is 5.74. The van der Waals surface area contributed by atoms with E-state index in [2.05, 4.69) is 10.6 Å². The molecule has 2 amide bonds. The number of hydrogen-bond donors (Lipinski definition) is 3. The molecule has 0 unspecified atom stereocenters. The maximum atomic E-state index is 12.1. The molecule has 1 aromatic carbocycles. The Hall–Kier alpha value is -2.27. The van der Waals surface area contributed by atoms with E-state index in [0.29, 0.717) is 0 Å². The number of hydrogen-bond acceptors (Lipinski definition) is 3. The molecule has 1 heterocycles. The molecule has 3 rings (SSSR count). The third kappa shape index (κ3) is 3.56. The third-order valence-electron chi connectivity index (χ3n) is 4.36. The van der Waals surface area contributed by atoms with Crippen LogP contribution in [0.25, 0.3) is 0 Å². The first-order chi connectivity index (χ1) is 11.1. The van der Waals surface area contributed by atoms with Crippen LogP contribution in [0.5, 0.6) is 0 Å². The van der Waals surface area contributed by atoms with Crippen LogP contribution >= 0.6 is 0 Å². The van der Waals surface area contributed by atoms with Crippen molar-refractivity contribution in [3.63, 3.8) is 0 Å². The highest BCUT2D eigenvalue weighted by Gasteiger charge is 2.24. The molecular weight excluding hydrogens is 292 g/mol. The van der Waals surface area contributed by atoms with E-state index >= 15 is 0 Å². The molecule has 1 aliphatic carbocycles. The van der Waals surface area contributed by atoms with Crippen molar-refractivity contribution in [2.24, 2.45) is 0 Å². The van der Waals surface area contributed by atoms with Gasteiger partial charge in [0.15, 0.2) is 0 Å². The van der Waals surface area contributed by atoms with Crippen molar-refractivity contribution in [1.82, 2.24) is 10.6 Å². The molecule has 23 heavy (non-hydrogen) atoms. The Balaban J connectivity index is 1.54. The van der Waals surface area contributed by atoms with E-state index in [1.54, 1.807) is 6.26 Å². The van der Waals surface area contributed by atoms with Crippen LogP contribution in [-0.2, 0) is 6.42 Å². The van der Waals surface area contributed by atoms with Crippen LogP contribution in [-0.4, -0.2) is 17.7 Å². The minimum Gasteiger partial charge on any atom is -0.469 e. The largest absolute Gasteiger partial charge is 0.469 e. The normalized spacial score (nSPS) is 18.1. The molecule has 0 spiro atoms. The number of nitrogens with one attached hydrogen (secondary N) is 2. The number of benzene rings is 1. The molecule has 0 saturated heterocycles. The molecule has 5 heteroatoms. The number of carbonyl (C=O) groups excluding carboxylic acids is 1. The topological polar surface area (TPSA) is 74.5 Å². The van der Waals surface area contributed by atoms with E-state index < -0.39 is 6.10 Å². The summed E-state index contributed by atoms with van der Waals surface area (Å²) in [5, 5.41) is 15.9. The maximum absolute atomic E-state index is 12.1. The standard InChI is InChI=1S/C18H22N2O3/c1-12-5-2-3-6-13(12)16(21)11-19-18(22)20-15-7-4-8-17-14(15)9-10-23-17/h2-3,5-6,9-10,15-16,21H,4,7-8,11H2,1H3,(H2,19,20,22)/t15-,16+/m0/s1. The Morgan fingerprint density at radius 1 is 1.39 bits per heavy atom. The SMILES string of the molecule is Cc1ccccc1[C@H](O)CNC(=O)N[C@H]1CCCc2occc21. The molecule has 0 radical (unpaired) electrons. The zero-order valence-electron chi connectivity index (χ0n) is 13.2. The summed E-state index contributed by atoms with van der Waals surface area (Å²) in [5.74, 6) is 0.960. The number of furan rings is 1. The Labute approximate surface area is 135 Å². The van der Waals surface area contributed by atoms with Crippen molar-refractivity contribution in [1.29, 1.82) is 0 Å². The predicted molar refractivity (Wildman–Crippen MR) is 87.1 cm³/mol. The number of fused-ring (bicyclic) bond motifs is 1. The van der Waals surface area contributed by atoms with Crippen LogP contribution in [0.15, 0.2) is 41.0 Å². The van der Waals surface area contributed by atoms with Gasteiger partial charge in [0.05, 0.1) is 18.4 Å². The van der Waals surface area contributed by atoms with Crippen molar-refractivity contribution in [2.75, 3.05) is 6.54 Å². The lowest BCUT2D eigenvalue weighted by Gasteiger charge is -2.23. The van der Waals surface area contributed by atoms with Gasteiger partial charge in [-0.05, 0) is 37.0 Å². The fraction of sp³-hybridized carbons (Fsp3) is 0.389. The number of urea groups is 1. The first-order valence-electron chi connectivity index (χ1n) is 7.99. The van der Waals surface area contributed by atoms with E-state index in [1.807, 2.05) is 37.3 Å². The predicted octanol–water partition coefficient (Wildman–Crippen LogP) is 3.00. The lowest BCUT2D eigenvalue weighted by Crippen LogP contribution is -2.40. The summed E-state index contributed by atoms with van der Waals surface area (Å²) in [4.78, 5) is 12.1. The van der Waals surface area contributed by atoms with Crippen LogP contribution in [0.4, 0.5) is 4.79 Å². The van der Waals surface area contributed by atoms with Crippen LogP contribution in [0.2, 0.25) is 0 Å². The van der Waals surface area contributed by atoms with Crippen LogP contribution in [0.1, 0.15) is 47.4 Å². The van der Waals surface area contributed by atoms with Crippen molar-refractivity contribution in [2.45, 2.75) is 38.3 Å². The van der Waals surface area contributed by atoms with Crippen molar-refractivity contribution in [3.05, 3.63) is 59.0 Å². The second-order valence-corrected chi connectivity index (χ2v) is 5.97. The van der Waals surface area contributed by atoms with E-state index in [-0.39, 0.29) is 18.6 Å². The molecule has 1 aromatic heterocycles. The molecular formula is C18H22N2O3. The van der Waals surface area contributed by atoms with Gasteiger partial charge in [0.25, 0.3) is 0 Å². The molecule has 2 aromatic rings. The van der Waals surface area contributed by atoms with Crippen molar-refractivity contribution >= 4 is 6.03 Å². The molecule has 0 saturated carbocycles. The Kier molecular flexibility index (Phi) is 4.67. The van der Waals surface area contributed by atoms with Gasteiger partial charge < -0.3 is 20.2 Å². The van der Waals surface area contributed by atoms with E-state index in [9.17, 15) is 9.90 Å².